The third-order valence-electron chi connectivity index (χ3n) is 2.27. The Morgan fingerprint density at radius 3 is 2.27 bits per heavy atom. The van der Waals surface area contributed by atoms with E-state index in [0.717, 1.165) is 7.11 Å². The van der Waals surface area contributed by atoms with Crippen molar-refractivity contribution in [3.63, 3.8) is 0 Å². The van der Waals surface area contributed by atoms with Crippen LogP contribution in [-0.2, 0) is 19.0 Å². The van der Waals surface area contributed by atoms with Gasteiger partial charge in [0.25, 0.3) is 0 Å². The number of carbonyl (C=O) groups is 1. The van der Waals surface area contributed by atoms with E-state index in [9.17, 15) is 20.1 Å². The van der Waals surface area contributed by atoms with Crippen molar-refractivity contribution >= 4 is 5.97 Å². The first-order chi connectivity index (χ1) is 7.02. The standard InChI is InChI=1S/C8H14O7/c1-13-5-3(9)4(10)7(11)15-6(5)8(12)14-2/h3-7,9-11H,1-2H3/t3?,4?,5?,6-,7+/m1/s1. The molecule has 3 N–H and O–H groups in total. The minimum Gasteiger partial charge on any atom is -0.467 e. The number of aliphatic hydroxyl groups excluding tert-OH is 3. The van der Waals surface area contributed by atoms with Gasteiger partial charge in [0.15, 0.2) is 12.4 Å². The van der Waals surface area contributed by atoms with Gasteiger partial charge < -0.3 is 29.5 Å². The van der Waals surface area contributed by atoms with Gasteiger partial charge in [0.05, 0.1) is 7.11 Å². The van der Waals surface area contributed by atoms with E-state index in [4.69, 9.17) is 9.47 Å². The second kappa shape index (κ2) is 4.86. The highest BCUT2D eigenvalue weighted by molar-refractivity contribution is 5.75. The minimum atomic E-state index is -1.64. The zero-order valence-electron chi connectivity index (χ0n) is 8.36. The molecule has 88 valence electrons. The first-order valence-corrected chi connectivity index (χ1v) is 4.33. The van der Waals surface area contributed by atoms with E-state index in [1.54, 1.807) is 0 Å². The van der Waals surface area contributed by atoms with Crippen LogP contribution in [-0.4, -0.2) is 66.2 Å². The number of hydrogen-bond acceptors (Lipinski definition) is 7. The number of rotatable bonds is 2. The highest BCUT2D eigenvalue weighted by Crippen LogP contribution is 2.22. The van der Waals surface area contributed by atoms with Crippen LogP contribution in [0.4, 0.5) is 0 Å². The Kier molecular flexibility index (Phi) is 4.00. The maximum absolute atomic E-state index is 11.2. The predicted molar refractivity (Wildman–Crippen MR) is 45.7 cm³/mol. The average molecular weight is 222 g/mol. The Labute approximate surface area is 86.2 Å². The molecule has 0 aromatic carbocycles. The monoisotopic (exact) mass is 222 g/mol. The van der Waals surface area contributed by atoms with Crippen molar-refractivity contribution < 1.29 is 34.3 Å². The minimum absolute atomic E-state index is 0.785. The molecule has 0 bridgehead atoms. The van der Waals surface area contributed by atoms with Crippen LogP contribution < -0.4 is 0 Å². The molecule has 0 spiro atoms. The second-order valence-corrected chi connectivity index (χ2v) is 3.15. The summed E-state index contributed by atoms with van der Waals surface area (Å²) in [7, 11) is 2.39. The number of methoxy groups -OCH3 is 2. The number of carbonyl (C=O) groups excluding carboxylic acids is 1. The Bertz CT molecular complexity index is 231. The summed E-state index contributed by atoms with van der Waals surface area (Å²) in [5, 5.41) is 27.9. The van der Waals surface area contributed by atoms with Crippen molar-refractivity contribution in [3.05, 3.63) is 0 Å². The third kappa shape index (κ3) is 2.27. The fourth-order valence-electron chi connectivity index (χ4n) is 1.42. The van der Waals surface area contributed by atoms with E-state index in [1.807, 2.05) is 0 Å². The molecule has 15 heavy (non-hydrogen) atoms. The van der Waals surface area contributed by atoms with Gasteiger partial charge in [-0.25, -0.2) is 4.79 Å². The van der Waals surface area contributed by atoms with Gasteiger partial charge in [-0.05, 0) is 0 Å². The molecule has 1 heterocycles. The molecule has 7 heteroatoms. The lowest BCUT2D eigenvalue weighted by molar-refractivity contribution is -0.284. The summed E-state index contributed by atoms with van der Waals surface area (Å²) >= 11 is 0. The lowest BCUT2D eigenvalue weighted by Crippen LogP contribution is -2.60. The molecule has 1 rings (SSSR count). The van der Waals surface area contributed by atoms with Gasteiger partial charge in [0.1, 0.15) is 18.3 Å². The summed E-state index contributed by atoms with van der Waals surface area (Å²) < 4.78 is 14.0. The normalized spacial score (nSPS) is 41.3. The summed E-state index contributed by atoms with van der Waals surface area (Å²) in [5.74, 6) is -0.785. The van der Waals surface area contributed by atoms with Crippen LogP contribution >= 0.6 is 0 Å². The molecular formula is C8H14O7. The first kappa shape index (κ1) is 12.3. The van der Waals surface area contributed by atoms with Crippen LogP contribution in [0.2, 0.25) is 0 Å². The van der Waals surface area contributed by atoms with Crippen LogP contribution in [0, 0.1) is 0 Å². The number of aliphatic hydroxyl groups is 3. The van der Waals surface area contributed by atoms with Gasteiger partial charge in [-0.3, -0.25) is 0 Å². The quantitative estimate of drug-likeness (QED) is 0.448. The van der Waals surface area contributed by atoms with Crippen molar-refractivity contribution in [2.45, 2.75) is 30.7 Å². The lowest BCUT2D eigenvalue weighted by atomic mass is 9.99. The van der Waals surface area contributed by atoms with E-state index in [0.29, 0.717) is 0 Å². The van der Waals surface area contributed by atoms with E-state index >= 15 is 0 Å². The topological polar surface area (TPSA) is 105 Å². The molecule has 0 radical (unpaired) electrons. The molecule has 0 amide bonds. The smallest absolute Gasteiger partial charge is 0.337 e. The van der Waals surface area contributed by atoms with Gasteiger partial charge >= 0.3 is 5.97 Å². The molecule has 7 nitrogen and oxygen atoms in total. The third-order valence-corrected chi connectivity index (χ3v) is 2.27. The Hall–Kier alpha value is -0.730. The second-order valence-electron chi connectivity index (χ2n) is 3.15. The molecule has 1 saturated heterocycles. The first-order valence-electron chi connectivity index (χ1n) is 4.33. The SMILES string of the molecule is COC(=O)[C@@H]1O[C@H](O)C(O)C(O)C1OC. The van der Waals surface area contributed by atoms with Crippen molar-refractivity contribution in [2.75, 3.05) is 14.2 Å². The van der Waals surface area contributed by atoms with Gasteiger partial charge in [-0.1, -0.05) is 0 Å². The van der Waals surface area contributed by atoms with E-state index < -0.39 is 36.7 Å². The molecule has 5 atom stereocenters. The maximum atomic E-state index is 11.2. The summed E-state index contributed by atoms with van der Waals surface area (Å²) in [6.45, 7) is 0. The Balaban J connectivity index is 2.82. The van der Waals surface area contributed by atoms with E-state index in [-0.39, 0.29) is 0 Å². The number of esters is 1. The average Bonchev–Trinajstić information content (AvgIpc) is 2.24. The molecule has 0 aromatic heterocycles. The molecule has 0 saturated carbocycles. The summed E-state index contributed by atoms with van der Waals surface area (Å²) in [5.41, 5.74) is 0. The van der Waals surface area contributed by atoms with Gasteiger partial charge in [0.2, 0.25) is 0 Å². The zero-order valence-corrected chi connectivity index (χ0v) is 8.36. The van der Waals surface area contributed by atoms with Gasteiger partial charge in [-0.2, -0.15) is 0 Å². The highest BCUT2D eigenvalue weighted by Gasteiger charge is 2.47. The van der Waals surface area contributed by atoms with Crippen molar-refractivity contribution in [1.29, 1.82) is 0 Å². The molecular weight excluding hydrogens is 208 g/mol. The molecule has 3 unspecified atom stereocenters. The molecule has 1 aliphatic heterocycles. The van der Waals surface area contributed by atoms with Crippen LogP contribution in [0.5, 0.6) is 0 Å². The molecule has 0 aliphatic carbocycles. The van der Waals surface area contributed by atoms with Crippen molar-refractivity contribution in [3.8, 4) is 0 Å². The van der Waals surface area contributed by atoms with E-state index in [2.05, 4.69) is 4.74 Å². The highest BCUT2D eigenvalue weighted by atomic mass is 16.7. The van der Waals surface area contributed by atoms with Crippen LogP contribution in [0.25, 0.3) is 0 Å². The summed E-state index contributed by atoms with van der Waals surface area (Å²) in [6, 6.07) is 0. The van der Waals surface area contributed by atoms with Crippen LogP contribution in [0.1, 0.15) is 0 Å². The fourth-order valence-corrected chi connectivity index (χ4v) is 1.42. The van der Waals surface area contributed by atoms with E-state index in [1.165, 1.54) is 7.11 Å². The largest absolute Gasteiger partial charge is 0.467 e. The van der Waals surface area contributed by atoms with Gasteiger partial charge in [-0.15, -0.1) is 0 Å². The van der Waals surface area contributed by atoms with Crippen LogP contribution in [0.15, 0.2) is 0 Å². The predicted octanol–water partition coefficient (Wildman–Crippen LogP) is -2.39. The maximum Gasteiger partial charge on any atom is 0.337 e. The lowest BCUT2D eigenvalue weighted by Gasteiger charge is -2.38. The summed E-state index contributed by atoms with van der Waals surface area (Å²) in [4.78, 5) is 11.2. The Morgan fingerprint density at radius 1 is 1.20 bits per heavy atom. The van der Waals surface area contributed by atoms with Crippen molar-refractivity contribution in [1.82, 2.24) is 0 Å². The number of hydrogen-bond donors (Lipinski definition) is 3. The molecule has 1 aliphatic rings. The molecule has 1 fully saturated rings. The van der Waals surface area contributed by atoms with Crippen molar-refractivity contribution in [2.24, 2.45) is 0 Å². The molecule has 0 aromatic rings. The van der Waals surface area contributed by atoms with Gasteiger partial charge in [0, 0.05) is 7.11 Å². The summed E-state index contributed by atoms with van der Waals surface area (Å²) in [6.07, 6.45) is -6.90. The number of ether oxygens (including phenoxy) is 3. The zero-order chi connectivity index (χ0) is 11.6. The Morgan fingerprint density at radius 2 is 1.80 bits per heavy atom. The van der Waals surface area contributed by atoms with Crippen LogP contribution in [0.3, 0.4) is 0 Å². The fraction of sp³-hybridized carbons (Fsp3) is 0.875.